The van der Waals surface area contributed by atoms with E-state index in [0.29, 0.717) is 6.42 Å². The lowest BCUT2D eigenvalue weighted by Crippen LogP contribution is -2.39. The summed E-state index contributed by atoms with van der Waals surface area (Å²) >= 11 is 0. The number of rotatable bonds is 3. The average Bonchev–Trinajstić information content (AvgIpc) is 2.52. The molecule has 2 aliphatic rings. The fourth-order valence-electron chi connectivity index (χ4n) is 3.77. The Labute approximate surface area is 128 Å². The summed E-state index contributed by atoms with van der Waals surface area (Å²) in [7, 11) is 1.62. The van der Waals surface area contributed by atoms with Crippen molar-refractivity contribution < 1.29 is 24.5 Å². The van der Waals surface area contributed by atoms with Crippen molar-refractivity contribution in [2.24, 2.45) is 17.8 Å². The molecule has 1 aromatic carbocycles. The van der Waals surface area contributed by atoms with Crippen LogP contribution in [0.25, 0.3) is 5.57 Å². The maximum atomic E-state index is 11.6. The summed E-state index contributed by atoms with van der Waals surface area (Å²) in [6, 6.07) is 5.79. The first-order chi connectivity index (χ1) is 10.5. The van der Waals surface area contributed by atoms with E-state index in [9.17, 15) is 19.8 Å². The van der Waals surface area contributed by atoms with Crippen molar-refractivity contribution >= 4 is 17.5 Å². The number of aliphatic carboxylic acids is 2. The first-order valence-electron chi connectivity index (χ1n) is 7.36. The third kappa shape index (κ3) is 2.26. The van der Waals surface area contributed by atoms with Gasteiger partial charge in [0.25, 0.3) is 0 Å². The normalized spacial score (nSPS) is 26.4. The van der Waals surface area contributed by atoms with E-state index in [1.54, 1.807) is 7.11 Å². The number of carboxylic acids is 2. The summed E-state index contributed by atoms with van der Waals surface area (Å²) in [6.45, 7) is 0. The lowest BCUT2D eigenvalue weighted by molar-refractivity contribution is -0.155. The van der Waals surface area contributed by atoms with Gasteiger partial charge in [0.05, 0.1) is 18.9 Å². The summed E-state index contributed by atoms with van der Waals surface area (Å²) in [5.74, 6) is -3.18. The minimum absolute atomic E-state index is 0.228. The van der Waals surface area contributed by atoms with Crippen LogP contribution < -0.4 is 4.74 Å². The third-order valence-electron chi connectivity index (χ3n) is 4.81. The summed E-state index contributed by atoms with van der Waals surface area (Å²) < 4.78 is 5.23. The van der Waals surface area contributed by atoms with Crippen LogP contribution in [0.5, 0.6) is 5.75 Å². The van der Waals surface area contributed by atoms with Crippen LogP contribution in [0.15, 0.2) is 24.3 Å². The molecule has 0 amide bonds. The Bertz CT molecular complexity index is 661. The molecule has 0 spiro atoms. The Morgan fingerprint density at radius 1 is 1.23 bits per heavy atom. The van der Waals surface area contributed by atoms with Gasteiger partial charge in [-0.15, -0.1) is 0 Å². The zero-order valence-corrected chi connectivity index (χ0v) is 12.3. The standard InChI is InChI=1S/C17H18O5/c1-22-10-3-5-11-9(8-10)2-4-13-12(11)6-7-14(16(18)19)15(13)17(20)21/h3,5-6,8,13-15H,2,4,7H2,1H3,(H,18,19)(H,20,21)/t13-,14-,15-/m1/s1. The summed E-state index contributed by atoms with van der Waals surface area (Å²) in [6.07, 6.45) is 3.58. The minimum atomic E-state index is -1.02. The first kappa shape index (κ1) is 14.6. The van der Waals surface area contributed by atoms with Gasteiger partial charge in [-0.25, -0.2) is 0 Å². The molecule has 22 heavy (non-hydrogen) atoms. The van der Waals surface area contributed by atoms with Gasteiger partial charge in [-0.05, 0) is 54.0 Å². The molecule has 0 aromatic heterocycles. The molecule has 0 heterocycles. The predicted molar refractivity (Wildman–Crippen MR) is 79.7 cm³/mol. The van der Waals surface area contributed by atoms with Gasteiger partial charge in [0.15, 0.2) is 0 Å². The number of carbonyl (C=O) groups is 2. The second kappa shape index (κ2) is 5.48. The van der Waals surface area contributed by atoms with Crippen molar-refractivity contribution in [3.8, 4) is 5.75 Å². The fraction of sp³-hybridized carbons (Fsp3) is 0.412. The second-order valence-electron chi connectivity index (χ2n) is 5.87. The maximum Gasteiger partial charge on any atom is 0.308 e. The SMILES string of the molecule is COc1ccc2c(c1)CC[C@@H]1C2=CC[C@@H](C(=O)O)[C@@H]1C(=O)O. The molecule has 0 fully saturated rings. The maximum absolute atomic E-state index is 11.6. The Morgan fingerprint density at radius 2 is 2.00 bits per heavy atom. The van der Waals surface area contributed by atoms with Crippen molar-refractivity contribution in [3.05, 3.63) is 35.4 Å². The lowest BCUT2D eigenvalue weighted by Gasteiger charge is -2.38. The highest BCUT2D eigenvalue weighted by Gasteiger charge is 2.44. The van der Waals surface area contributed by atoms with E-state index in [-0.39, 0.29) is 12.3 Å². The topological polar surface area (TPSA) is 83.8 Å². The first-order valence-corrected chi connectivity index (χ1v) is 7.36. The van der Waals surface area contributed by atoms with Gasteiger partial charge in [0.1, 0.15) is 5.75 Å². The molecular weight excluding hydrogens is 284 g/mol. The van der Waals surface area contributed by atoms with E-state index in [2.05, 4.69) is 0 Å². The molecule has 0 saturated heterocycles. The molecule has 3 rings (SSSR count). The number of hydrogen-bond acceptors (Lipinski definition) is 3. The van der Waals surface area contributed by atoms with Crippen LogP contribution in [0.4, 0.5) is 0 Å². The fourth-order valence-corrected chi connectivity index (χ4v) is 3.77. The molecule has 116 valence electrons. The van der Waals surface area contributed by atoms with Gasteiger partial charge in [-0.3, -0.25) is 9.59 Å². The van der Waals surface area contributed by atoms with Gasteiger partial charge in [0.2, 0.25) is 0 Å². The summed E-state index contributed by atoms with van der Waals surface area (Å²) in [5, 5.41) is 18.8. The number of aryl methyl sites for hydroxylation is 1. The molecule has 5 heteroatoms. The smallest absolute Gasteiger partial charge is 0.308 e. The largest absolute Gasteiger partial charge is 0.497 e. The molecule has 5 nitrogen and oxygen atoms in total. The van der Waals surface area contributed by atoms with Crippen LogP contribution in [0.1, 0.15) is 24.0 Å². The van der Waals surface area contributed by atoms with E-state index in [0.717, 1.165) is 28.9 Å². The van der Waals surface area contributed by atoms with Crippen LogP contribution in [0, 0.1) is 17.8 Å². The van der Waals surface area contributed by atoms with E-state index in [1.165, 1.54) is 0 Å². The number of allylic oxidation sites excluding steroid dienone is 2. The molecular formula is C17H18O5. The van der Waals surface area contributed by atoms with Crippen LogP contribution in [0.3, 0.4) is 0 Å². The van der Waals surface area contributed by atoms with Crippen molar-refractivity contribution in [2.45, 2.75) is 19.3 Å². The third-order valence-corrected chi connectivity index (χ3v) is 4.81. The van der Waals surface area contributed by atoms with Gasteiger partial charge in [-0.2, -0.15) is 0 Å². The van der Waals surface area contributed by atoms with E-state index >= 15 is 0 Å². The summed E-state index contributed by atoms with van der Waals surface area (Å²) in [5.41, 5.74) is 3.15. The van der Waals surface area contributed by atoms with Crippen LogP contribution in [-0.4, -0.2) is 29.3 Å². The molecule has 0 radical (unpaired) electrons. The molecule has 0 saturated carbocycles. The number of benzene rings is 1. The quantitative estimate of drug-likeness (QED) is 0.896. The van der Waals surface area contributed by atoms with Crippen LogP contribution in [-0.2, 0) is 16.0 Å². The molecule has 0 bridgehead atoms. The number of ether oxygens (including phenoxy) is 1. The number of carboxylic acid groups (broad SMARTS) is 2. The molecule has 2 N–H and O–H groups in total. The van der Waals surface area contributed by atoms with E-state index < -0.39 is 23.8 Å². The Morgan fingerprint density at radius 3 is 2.64 bits per heavy atom. The van der Waals surface area contributed by atoms with Crippen molar-refractivity contribution in [1.29, 1.82) is 0 Å². The van der Waals surface area contributed by atoms with E-state index in [1.807, 2.05) is 24.3 Å². The van der Waals surface area contributed by atoms with Crippen molar-refractivity contribution in [3.63, 3.8) is 0 Å². The molecule has 0 aliphatic heterocycles. The van der Waals surface area contributed by atoms with Gasteiger partial charge in [-0.1, -0.05) is 12.1 Å². The van der Waals surface area contributed by atoms with Crippen molar-refractivity contribution in [2.75, 3.05) is 7.11 Å². The Balaban J connectivity index is 2.04. The van der Waals surface area contributed by atoms with Crippen LogP contribution >= 0.6 is 0 Å². The highest BCUT2D eigenvalue weighted by atomic mass is 16.5. The highest BCUT2D eigenvalue weighted by molar-refractivity contribution is 5.86. The van der Waals surface area contributed by atoms with Gasteiger partial charge in [0, 0.05) is 0 Å². The zero-order valence-electron chi connectivity index (χ0n) is 12.3. The minimum Gasteiger partial charge on any atom is -0.497 e. The molecule has 1 aromatic rings. The highest BCUT2D eigenvalue weighted by Crippen LogP contribution is 2.47. The van der Waals surface area contributed by atoms with Crippen LogP contribution in [0.2, 0.25) is 0 Å². The molecule has 0 unspecified atom stereocenters. The Kier molecular flexibility index (Phi) is 3.64. The zero-order chi connectivity index (χ0) is 15.9. The predicted octanol–water partition coefficient (Wildman–Crippen LogP) is 2.45. The second-order valence-corrected chi connectivity index (χ2v) is 5.87. The van der Waals surface area contributed by atoms with Crippen molar-refractivity contribution in [1.82, 2.24) is 0 Å². The number of fused-ring (bicyclic) bond motifs is 3. The average molecular weight is 302 g/mol. The van der Waals surface area contributed by atoms with E-state index in [4.69, 9.17) is 4.74 Å². The summed E-state index contributed by atoms with van der Waals surface area (Å²) in [4.78, 5) is 23.0. The van der Waals surface area contributed by atoms with Gasteiger partial charge < -0.3 is 14.9 Å². The lowest BCUT2D eigenvalue weighted by atomic mass is 9.65. The Hall–Kier alpha value is -2.30. The number of methoxy groups -OCH3 is 1. The number of hydrogen-bond donors (Lipinski definition) is 2. The van der Waals surface area contributed by atoms with Gasteiger partial charge >= 0.3 is 11.9 Å². The molecule has 3 atom stereocenters. The monoisotopic (exact) mass is 302 g/mol. The molecule has 2 aliphatic carbocycles.